The van der Waals surface area contributed by atoms with E-state index >= 15 is 0 Å². The smallest absolute Gasteiger partial charge is 0.242 e. The zero-order valence-electron chi connectivity index (χ0n) is 9.22. The van der Waals surface area contributed by atoms with Crippen LogP contribution in [0.3, 0.4) is 0 Å². The molecule has 0 aliphatic heterocycles. The normalized spacial score (nSPS) is 10.2. The Bertz CT molecular complexity index is 627. The van der Waals surface area contributed by atoms with Gasteiger partial charge in [-0.3, -0.25) is 4.79 Å². The van der Waals surface area contributed by atoms with Crippen molar-refractivity contribution in [2.24, 2.45) is 5.11 Å². The monoisotopic (exact) mass is 256 g/mol. The average molecular weight is 256 g/mol. The molecule has 0 bridgehead atoms. The third-order valence-corrected chi connectivity index (χ3v) is 3.09. The number of amides is 1. The number of hydrogen-bond donors (Lipinski definition) is 0. The van der Waals surface area contributed by atoms with E-state index in [9.17, 15) is 4.79 Å². The van der Waals surface area contributed by atoms with Gasteiger partial charge in [0.05, 0.1) is 0 Å². The predicted octanol–water partition coefficient (Wildman–Crippen LogP) is 3.66. The molecule has 0 N–H and O–H groups in total. The third-order valence-electron chi connectivity index (χ3n) is 2.08. The number of rotatable bonds is 3. The van der Waals surface area contributed by atoms with Crippen LogP contribution in [0.2, 0.25) is 0 Å². The molecule has 0 spiro atoms. The van der Waals surface area contributed by atoms with Crippen LogP contribution in [0.4, 0.5) is 0 Å². The fraction of sp³-hybridized carbons (Fsp3) is 0. The molecule has 2 aromatic rings. The first kappa shape index (κ1) is 12.0. The van der Waals surface area contributed by atoms with Crippen LogP contribution in [0, 0.1) is 0 Å². The lowest BCUT2D eigenvalue weighted by atomic mass is 10.2. The molecule has 0 radical (unpaired) electrons. The van der Waals surface area contributed by atoms with Gasteiger partial charge in [0.15, 0.2) is 0 Å². The van der Waals surface area contributed by atoms with Crippen molar-refractivity contribution in [3.8, 4) is 10.6 Å². The van der Waals surface area contributed by atoms with Crippen LogP contribution in [0.15, 0.2) is 47.7 Å². The number of aromatic nitrogens is 1. The second kappa shape index (κ2) is 5.77. The number of thiazole rings is 1. The zero-order valence-corrected chi connectivity index (χ0v) is 10.0. The number of carbonyl (C=O) groups excluding carboxylic acids is 1. The molecule has 1 heterocycles. The van der Waals surface area contributed by atoms with E-state index in [1.807, 2.05) is 30.3 Å². The van der Waals surface area contributed by atoms with Crippen LogP contribution < -0.4 is 0 Å². The fourth-order valence-electron chi connectivity index (χ4n) is 1.31. The Labute approximate surface area is 107 Å². The van der Waals surface area contributed by atoms with Crippen LogP contribution >= 0.6 is 11.3 Å². The fourth-order valence-corrected chi connectivity index (χ4v) is 2.13. The van der Waals surface area contributed by atoms with Crippen molar-refractivity contribution in [3.05, 3.63) is 57.9 Å². The third kappa shape index (κ3) is 3.04. The Kier molecular flexibility index (Phi) is 3.86. The second-order valence-corrected chi connectivity index (χ2v) is 4.36. The number of nitrogens with zero attached hydrogens (tertiary/aromatic N) is 4. The van der Waals surface area contributed by atoms with Crippen molar-refractivity contribution < 1.29 is 4.79 Å². The standard InChI is InChI=1S/C12H8N4OS/c13-16-15-11(17)7-6-10-8-14-12(18-10)9-4-2-1-3-5-9/h1-8H. The highest BCUT2D eigenvalue weighted by atomic mass is 32.1. The van der Waals surface area contributed by atoms with Gasteiger partial charge in [-0.2, -0.15) is 0 Å². The van der Waals surface area contributed by atoms with Crippen molar-refractivity contribution >= 4 is 23.3 Å². The first-order chi connectivity index (χ1) is 8.79. The quantitative estimate of drug-likeness (QED) is 0.363. The molecule has 1 aromatic carbocycles. The number of azide groups is 1. The van der Waals surface area contributed by atoms with Gasteiger partial charge < -0.3 is 0 Å². The van der Waals surface area contributed by atoms with Crippen LogP contribution in [0.5, 0.6) is 0 Å². The second-order valence-electron chi connectivity index (χ2n) is 3.29. The van der Waals surface area contributed by atoms with E-state index in [0.717, 1.165) is 15.4 Å². The molecule has 0 saturated heterocycles. The number of hydrogen-bond acceptors (Lipinski definition) is 3. The van der Waals surface area contributed by atoms with Gasteiger partial charge in [-0.05, 0) is 22.8 Å². The molecule has 88 valence electrons. The molecular formula is C12H8N4OS. The van der Waals surface area contributed by atoms with Gasteiger partial charge in [0.1, 0.15) is 5.01 Å². The largest absolute Gasteiger partial charge is 0.288 e. The lowest BCUT2D eigenvalue weighted by Crippen LogP contribution is -1.80. The van der Waals surface area contributed by atoms with E-state index in [2.05, 4.69) is 15.0 Å². The van der Waals surface area contributed by atoms with Crippen molar-refractivity contribution in [2.75, 3.05) is 0 Å². The van der Waals surface area contributed by atoms with Crippen LogP contribution in [0.1, 0.15) is 4.88 Å². The minimum absolute atomic E-state index is 0.618. The molecule has 2 rings (SSSR count). The topological polar surface area (TPSA) is 78.7 Å². The Morgan fingerprint density at radius 2 is 2.17 bits per heavy atom. The summed E-state index contributed by atoms with van der Waals surface area (Å²) in [6, 6.07) is 9.76. The molecule has 5 nitrogen and oxygen atoms in total. The summed E-state index contributed by atoms with van der Waals surface area (Å²) in [5.41, 5.74) is 9.11. The highest BCUT2D eigenvalue weighted by Crippen LogP contribution is 2.25. The summed E-state index contributed by atoms with van der Waals surface area (Å²) in [7, 11) is 0. The molecule has 0 atom stereocenters. The van der Waals surface area contributed by atoms with E-state index < -0.39 is 5.91 Å². The van der Waals surface area contributed by atoms with Gasteiger partial charge in [-0.25, -0.2) is 4.98 Å². The molecule has 0 unspecified atom stereocenters. The van der Waals surface area contributed by atoms with E-state index in [4.69, 9.17) is 5.53 Å². The maximum absolute atomic E-state index is 11.0. The molecule has 1 amide bonds. The predicted molar refractivity (Wildman–Crippen MR) is 70.7 cm³/mol. The van der Waals surface area contributed by atoms with Crippen molar-refractivity contribution in [1.82, 2.24) is 4.98 Å². The van der Waals surface area contributed by atoms with E-state index in [-0.39, 0.29) is 0 Å². The summed E-state index contributed by atoms with van der Waals surface area (Å²) >= 11 is 1.46. The summed E-state index contributed by atoms with van der Waals surface area (Å²) in [5.74, 6) is -0.618. The molecule has 1 aromatic heterocycles. The number of benzene rings is 1. The maximum atomic E-state index is 11.0. The Hall–Kier alpha value is -2.43. The summed E-state index contributed by atoms with van der Waals surface area (Å²) in [4.78, 5) is 18.5. The van der Waals surface area contributed by atoms with Crippen LogP contribution in [-0.2, 0) is 4.79 Å². The molecule has 0 aliphatic rings. The zero-order chi connectivity index (χ0) is 12.8. The van der Waals surface area contributed by atoms with Crippen molar-refractivity contribution in [3.63, 3.8) is 0 Å². The summed E-state index contributed by atoms with van der Waals surface area (Å²) in [6.07, 6.45) is 4.48. The Balaban J connectivity index is 2.16. The first-order valence-corrected chi connectivity index (χ1v) is 5.89. The average Bonchev–Trinajstić information content (AvgIpc) is 2.87. The summed E-state index contributed by atoms with van der Waals surface area (Å²) in [6.45, 7) is 0. The molecule has 18 heavy (non-hydrogen) atoms. The maximum Gasteiger partial charge on any atom is 0.242 e. The first-order valence-electron chi connectivity index (χ1n) is 5.08. The van der Waals surface area contributed by atoms with Crippen LogP contribution in [-0.4, -0.2) is 10.9 Å². The van der Waals surface area contributed by atoms with E-state index in [1.165, 1.54) is 17.4 Å². The van der Waals surface area contributed by atoms with Gasteiger partial charge in [-0.15, -0.1) is 11.3 Å². The van der Waals surface area contributed by atoms with E-state index in [0.29, 0.717) is 0 Å². The molecular weight excluding hydrogens is 248 g/mol. The van der Waals surface area contributed by atoms with Crippen molar-refractivity contribution in [2.45, 2.75) is 0 Å². The highest BCUT2D eigenvalue weighted by Gasteiger charge is 2.02. The summed E-state index contributed by atoms with van der Waals surface area (Å²) < 4.78 is 0. The van der Waals surface area contributed by atoms with Gasteiger partial charge in [-0.1, -0.05) is 30.3 Å². The van der Waals surface area contributed by atoms with Gasteiger partial charge >= 0.3 is 0 Å². The van der Waals surface area contributed by atoms with Gasteiger partial charge in [0.2, 0.25) is 5.91 Å². The molecule has 0 fully saturated rings. The SMILES string of the molecule is [N-]=[N+]=NC(=O)C=Cc1cnc(-c2ccccc2)s1. The van der Waals surface area contributed by atoms with Gasteiger partial charge in [0.25, 0.3) is 0 Å². The van der Waals surface area contributed by atoms with Gasteiger partial charge in [0, 0.05) is 21.5 Å². The lowest BCUT2D eigenvalue weighted by molar-refractivity contribution is -0.113. The molecule has 6 heteroatoms. The highest BCUT2D eigenvalue weighted by molar-refractivity contribution is 7.15. The molecule has 0 saturated carbocycles. The van der Waals surface area contributed by atoms with Crippen LogP contribution in [0.25, 0.3) is 27.1 Å². The summed E-state index contributed by atoms with van der Waals surface area (Å²) in [5, 5.41) is 3.82. The van der Waals surface area contributed by atoms with Crippen molar-refractivity contribution in [1.29, 1.82) is 0 Å². The van der Waals surface area contributed by atoms with E-state index in [1.54, 1.807) is 12.3 Å². The molecule has 0 aliphatic carbocycles. The Morgan fingerprint density at radius 1 is 1.39 bits per heavy atom. The Morgan fingerprint density at radius 3 is 2.89 bits per heavy atom. The minimum atomic E-state index is -0.618. The lowest BCUT2D eigenvalue weighted by Gasteiger charge is -1.92. The number of carbonyl (C=O) groups is 1. The minimum Gasteiger partial charge on any atom is -0.288 e.